The summed E-state index contributed by atoms with van der Waals surface area (Å²) in [6, 6.07) is 11.7. The predicted octanol–water partition coefficient (Wildman–Crippen LogP) is 0.601. The van der Waals surface area contributed by atoms with Crippen LogP contribution in [0.1, 0.15) is 11.3 Å². The highest BCUT2D eigenvalue weighted by molar-refractivity contribution is 5.91. The summed E-state index contributed by atoms with van der Waals surface area (Å²) in [6.07, 6.45) is 0. The van der Waals surface area contributed by atoms with Crippen LogP contribution in [0.25, 0.3) is 0 Å². The summed E-state index contributed by atoms with van der Waals surface area (Å²) < 4.78 is 1.67. The van der Waals surface area contributed by atoms with Gasteiger partial charge in [-0.2, -0.15) is 5.10 Å². The number of benzene rings is 1. The van der Waals surface area contributed by atoms with Gasteiger partial charge in [-0.05, 0) is 12.5 Å². The molecule has 0 spiro atoms. The van der Waals surface area contributed by atoms with Crippen molar-refractivity contribution in [2.75, 3.05) is 44.6 Å². The lowest BCUT2D eigenvalue weighted by Crippen LogP contribution is -2.51. The van der Waals surface area contributed by atoms with Gasteiger partial charge in [0.2, 0.25) is 11.8 Å². The number of carbonyl (C=O) groups is 2. The maximum atomic E-state index is 12.2. The van der Waals surface area contributed by atoms with Gasteiger partial charge < -0.3 is 10.6 Å². The highest BCUT2D eigenvalue weighted by Crippen LogP contribution is 2.08. The first-order chi connectivity index (χ1) is 13.5. The van der Waals surface area contributed by atoms with E-state index in [4.69, 9.17) is 0 Å². The molecule has 1 aromatic carbocycles. The van der Waals surface area contributed by atoms with Gasteiger partial charge in [-0.1, -0.05) is 30.3 Å². The van der Waals surface area contributed by atoms with Crippen LogP contribution in [0.4, 0.5) is 5.82 Å². The molecule has 150 valence electrons. The quantitative estimate of drug-likeness (QED) is 0.731. The van der Waals surface area contributed by atoms with E-state index in [0.29, 0.717) is 25.5 Å². The average Bonchev–Trinajstić information content (AvgIpc) is 2.99. The minimum absolute atomic E-state index is 0.0293. The third-order valence-electron chi connectivity index (χ3n) is 4.80. The molecule has 2 amide bonds. The van der Waals surface area contributed by atoms with Gasteiger partial charge in [0.15, 0.2) is 0 Å². The van der Waals surface area contributed by atoms with Gasteiger partial charge in [-0.25, -0.2) is 0 Å². The van der Waals surface area contributed by atoms with Crippen molar-refractivity contribution in [3.8, 4) is 0 Å². The van der Waals surface area contributed by atoms with Gasteiger partial charge in [0.1, 0.15) is 5.82 Å². The molecule has 8 heteroatoms. The van der Waals surface area contributed by atoms with E-state index in [1.165, 1.54) is 0 Å². The molecule has 0 bridgehead atoms. The fourth-order valence-corrected chi connectivity index (χ4v) is 3.27. The monoisotopic (exact) mass is 384 g/mol. The van der Waals surface area contributed by atoms with E-state index in [2.05, 4.69) is 25.5 Å². The first kappa shape index (κ1) is 20.0. The molecule has 1 saturated heterocycles. The standard InChI is InChI=1S/C20H28N6O2/c1-16-12-18(24(2)23-16)22-20(28)15-26-10-8-25(9-11-26)14-19(27)21-13-17-6-4-3-5-7-17/h3-7,12H,8-11,13-15H2,1-2H3,(H,21,27)(H,22,28). The number of piperazine rings is 1. The number of aryl methyl sites for hydroxylation is 2. The molecule has 8 nitrogen and oxygen atoms in total. The first-order valence-electron chi connectivity index (χ1n) is 9.55. The summed E-state index contributed by atoms with van der Waals surface area (Å²) in [4.78, 5) is 28.6. The molecular formula is C20H28N6O2. The Labute approximate surface area is 165 Å². The third kappa shape index (κ3) is 5.90. The van der Waals surface area contributed by atoms with Crippen molar-refractivity contribution >= 4 is 17.6 Å². The average molecular weight is 384 g/mol. The van der Waals surface area contributed by atoms with Crippen molar-refractivity contribution in [2.24, 2.45) is 7.05 Å². The van der Waals surface area contributed by atoms with Crippen LogP contribution in [-0.2, 0) is 23.2 Å². The molecule has 0 radical (unpaired) electrons. The van der Waals surface area contributed by atoms with E-state index in [-0.39, 0.29) is 11.8 Å². The molecule has 28 heavy (non-hydrogen) atoms. The van der Waals surface area contributed by atoms with E-state index in [1.54, 1.807) is 4.68 Å². The number of aromatic nitrogens is 2. The number of carbonyl (C=O) groups excluding carboxylic acids is 2. The number of anilines is 1. The molecule has 3 rings (SSSR count). The molecular weight excluding hydrogens is 356 g/mol. The van der Waals surface area contributed by atoms with Crippen LogP contribution >= 0.6 is 0 Å². The van der Waals surface area contributed by atoms with Crippen molar-refractivity contribution in [1.29, 1.82) is 0 Å². The summed E-state index contributed by atoms with van der Waals surface area (Å²) in [5.41, 5.74) is 1.97. The lowest BCUT2D eigenvalue weighted by atomic mass is 10.2. The van der Waals surface area contributed by atoms with Crippen LogP contribution in [0.5, 0.6) is 0 Å². The number of rotatable bonds is 7. The molecule has 0 aliphatic carbocycles. The van der Waals surface area contributed by atoms with Gasteiger partial charge in [0.05, 0.1) is 18.8 Å². The van der Waals surface area contributed by atoms with E-state index in [0.717, 1.165) is 37.4 Å². The minimum atomic E-state index is -0.0444. The second kappa shape index (κ2) is 9.48. The molecule has 1 fully saturated rings. The summed E-state index contributed by atoms with van der Waals surface area (Å²) in [7, 11) is 1.81. The number of nitrogens with zero attached hydrogens (tertiary/aromatic N) is 4. The van der Waals surface area contributed by atoms with Crippen LogP contribution < -0.4 is 10.6 Å². The molecule has 1 aromatic heterocycles. The Hall–Kier alpha value is -2.71. The summed E-state index contributed by atoms with van der Waals surface area (Å²) >= 11 is 0. The fraction of sp³-hybridized carbons (Fsp3) is 0.450. The molecule has 2 heterocycles. The summed E-state index contributed by atoms with van der Waals surface area (Å²) in [5, 5.41) is 10.1. The van der Waals surface area contributed by atoms with Gasteiger partial charge in [0, 0.05) is 45.8 Å². The number of nitrogens with one attached hydrogen (secondary N) is 2. The van der Waals surface area contributed by atoms with Crippen LogP contribution in [0.3, 0.4) is 0 Å². The Kier molecular flexibility index (Phi) is 6.78. The Morgan fingerprint density at radius 2 is 1.61 bits per heavy atom. The minimum Gasteiger partial charge on any atom is -0.351 e. The Morgan fingerprint density at radius 1 is 1.00 bits per heavy atom. The molecule has 0 atom stereocenters. The number of hydrogen-bond acceptors (Lipinski definition) is 5. The Morgan fingerprint density at radius 3 is 2.18 bits per heavy atom. The first-order valence-corrected chi connectivity index (χ1v) is 9.55. The Bertz CT molecular complexity index is 796. The van der Waals surface area contributed by atoms with Crippen molar-refractivity contribution < 1.29 is 9.59 Å². The molecule has 2 aromatic rings. The van der Waals surface area contributed by atoms with Crippen molar-refractivity contribution in [3.63, 3.8) is 0 Å². The Balaban J connectivity index is 1.35. The van der Waals surface area contributed by atoms with E-state index in [1.807, 2.05) is 50.4 Å². The zero-order valence-electron chi connectivity index (χ0n) is 16.5. The molecule has 1 aliphatic rings. The van der Waals surface area contributed by atoms with E-state index in [9.17, 15) is 9.59 Å². The van der Waals surface area contributed by atoms with Gasteiger partial charge in [-0.3, -0.25) is 24.1 Å². The normalized spacial score (nSPS) is 15.4. The lowest BCUT2D eigenvalue weighted by molar-refractivity contribution is -0.123. The van der Waals surface area contributed by atoms with Crippen LogP contribution in [0.15, 0.2) is 36.4 Å². The second-order valence-corrected chi connectivity index (χ2v) is 7.16. The van der Waals surface area contributed by atoms with Gasteiger partial charge in [-0.15, -0.1) is 0 Å². The van der Waals surface area contributed by atoms with E-state index >= 15 is 0 Å². The van der Waals surface area contributed by atoms with Crippen molar-refractivity contribution in [3.05, 3.63) is 47.7 Å². The second-order valence-electron chi connectivity index (χ2n) is 7.16. The van der Waals surface area contributed by atoms with E-state index < -0.39 is 0 Å². The third-order valence-corrected chi connectivity index (χ3v) is 4.80. The predicted molar refractivity (Wildman–Crippen MR) is 108 cm³/mol. The summed E-state index contributed by atoms with van der Waals surface area (Å²) in [6.45, 7) is 6.26. The molecule has 2 N–H and O–H groups in total. The zero-order valence-corrected chi connectivity index (χ0v) is 16.5. The topological polar surface area (TPSA) is 82.5 Å². The van der Waals surface area contributed by atoms with Crippen LogP contribution in [0, 0.1) is 6.92 Å². The molecule has 0 unspecified atom stereocenters. The highest BCUT2D eigenvalue weighted by Gasteiger charge is 2.21. The van der Waals surface area contributed by atoms with Gasteiger partial charge >= 0.3 is 0 Å². The van der Waals surface area contributed by atoms with Crippen molar-refractivity contribution in [1.82, 2.24) is 24.9 Å². The SMILES string of the molecule is Cc1cc(NC(=O)CN2CCN(CC(=O)NCc3ccccc3)CC2)n(C)n1. The smallest absolute Gasteiger partial charge is 0.239 e. The van der Waals surface area contributed by atoms with Crippen LogP contribution in [-0.4, -0.2) is 70.7 Å². The number of hydrogen-bond donors (Lipinski definition) is 2. The molecule has 0 saturated carbocycles. The fourth-order valence-electron chi connectivity index (χ4n) is 3.27. The largest absolute Gasteiger partial charge is 0.351 e. The molecule has 1 aliphatic heterocycles. The number of amides is 2. The van der Waals surface area contributed by atoms with Crippen LogP contribution in [0.2, 0.25) is 0 Å². The van der Waals surface area contributed by atoms with Gasteiger partial charge in [0.25, 0.3) is 0 Å². The zero-order chi connectivity index (χ0) is 19.9. The van der Waals surface area contributed by atoms with Crippen molar-refractivity contribution in [2.45, 2.75) is 13.5 Å². The summed E-state index contributed by atoms with van der Waals surface area (Å²) in [5.74, 6) is 0.690. The maximum absolute atomic E-state index is 12.2. The lowest BCUT2D eigenvalue weighted by Gasteiger charge is -2.33. The highest BCUT2D eigenvalue weighted by atomic mass is 16.2. The maximum Gasteiger partial charge on any atom is 0.239 e.